The molecule has 0 aliphatic carbocycles. The lowest BCUT2D eigenvalue weighted by Crippen LogP contribution is -2.48. The van der Waals surface area contributed by atoms with Crippen LogP contribution in [-0.4, -0.2) is 82.4 Å². The highest BCUT2D eigenvalue weighted by Crippen LogP contribution is 2.07. The summed E-state index contributed by atoms with van der Waals surface area (Å²) in [5.41, 5.74) is 0. The third-order valence-electron chi connectivity index (χ3n) is 4.97. The van der Waals surface area contributed by atoms with Crippen molar-refractivity contribution in [3.8, 4) is 0 Å². The Balaban J connectivity index is 0.000000430. The molecule has 0 saturated carbocycles. The van der Waals surface area contributed by atoms with Crippen molar-refractivity contribution in [2.75, 3.05) is 52.4 Å². The predicted octanol–water partition coefficient (Wildman–Crippen LogP) is 3.89. The molecule has 0 spiro atoms. The summed E-state index contributed by atoms with van der Waals surface area (Å²) in [7, 11) is 0. The summed E-state index contributed by atoms with van der Waals surface area (Å²) in [5, 5.41) is 22.0. The molecule has 2 aromatic rings. The fourth-order valence-electron chi connectivity index (χ4n) is 3.35. The number of aromatic nitrogens is 5. The summed E-state index contributed by atoms with van der Waals surface area (Å²) in [6.07, 6.45) is 21.4. The minimum absolute atomic E-state index is 0.903. The maximum absolute atomic E-state index is 3.77. The third-order valence-corrected chi connectivity index (χ3v) is 4.97. The van der Waals surface area contributed by atoms with Gasteiger partial charge in [-0.2, -0.15) is 20.5 Å². The number of nitrogens with one attached hydrogen (secondary N) is 4. The number of piperidine rings is 1. The van der Waals surface area contributed by atoms with Gasteiger partial charge in [0.2, 0.25) is 0 Å². The van der Waals surface area contributed by atoms with Gasteiger partial charge in [0.05, 0.1) is 38.6 Å². The number of quaternary nitrogens is 1. The monoisotopic (exact) mass is 471 g/mol. The van der Waals surface area contributed by atoms with Crippen molar-refractivity contribution in [1.29, 1.82) is 0 Å². The van der Waals surface area contributed by atoms with E-state index in [-0.39, 0.29) is 0 Å². The molecule has 4 rings (SSSR count). The molecule has 2 aliphatic heterocycles. The standard InChI is InChI=1S/C12H20N.C5H11N.C4H9N.C3H4N2.C2H3N3/c1-5-9-13(10-6-2,11-7-3)12-8-4;1-2-4-6-5-3-1;3*1-2-4-5-3-1/h5-8H,1-4,9-12H2;6H,1-5H2;5H,1-4H2;1-3H,(H,4,5);1-2H,(H,3,4,5)/q+1;;;;. The van der Waals surface area contributed by atoms with Crippen LogP contribution in [0.1, 0.15) is 32.1 Å². The maximum Gasteiger partial charge on any atom is 0.0978 e. The molecule has 4 N–H and O–H groups in total. The zero-order chi connectivity index (χ0) is 25.0. The van der Waals surface area contributed by atoms with E-state index in [0.717, 1.165) is 30.7 Å². The van der Waals surface area contributed by atoms with Crippen LogP contribution in [0.15, 0.2) is 81.5 Å². The summed E-state index contributed by atoms with van der Waals surface area (Å²) in [4.78, 5) is 0. The second-order valence-electron chi connectivity index (χ2n) is 7.92. The Labute approximate surface area is 206 Å². The normalized spacial score (nSPS) is 14.1. The number of rotatable bonds is 8. The molecule has 0 aromatic carbocycles. The van der Waals surface area contributed by atoms with Crippen LogP contribution in [0.3, 0.4) is 0 Å². The topological polar surface area (TPSA) is 94.3 Å². The van der Waals surface area contributed by atoms with E-state index in [1.165, 1.54) is 58.3 Å². The van der Waals surface area contributed by atoms with Crippen molar-refractivity contribution < 1.29 is 4.48 Å². The van der Waals surface area contributed by atoms with Gasteiger partial charge in [-0.25, -0.2) is 0 Å². The number of hydrogen-bond acceptors (Lipinski definition) is 5. The summed E-state index contributed by atoms with van der Waals surface area (Å²) >= 11 is 0. The molecule has 190 valence electrons. The quantitative estimate of drug-likeness (QED) is 0.346. The average Bonchev–Trinajstić information content (AvgIpc) is 3.68. The Kier molecular flexibility index (Phi) is 22.8. The number of nitrogens with zero attached hydrogens (tertiary/aromatic N) is 4. The Hall–Kier alpha value is -2.81. The molecule has 0 amide bonds. The van der Waals surface area contributed by atoms with Gasteiger partial charge in [-0.15, -0.1) is 0 Å². The molecule has 4 heterocycles. The van der Waals surface area contributed by atoms with Gasteiger partial charge in [-0.3, -0.25) is 5.10 Å². The highest BCUT2D eigenvalue weighted by Gasteiger charge is 2.20. The number of H-pyrrole nitrogens is 2. The van der Waals surface area contributed by atoms with Crippen molar-refractivity contribution in [3.05, 3.63) is 81.5 Å². The van der Waals surface area contributed by atoms with E-state index in [1.807, 2.05) is 30.4 Å². The molecule has 2 aliphatic rings. The van der Waals surface area contributed by atoms with Crippen molar-refractivity contribution >= 4 is 0 Å². The highest BCUT2D eigenvalue weighted by molar-refractivity contribution is 4.79. The summed E-state index contributed by atoms with van der Waals surface area (Å²) in [6, 6.07) is 1.83. The molecular weight excluding hydrogens is 424 g/mol. The lowest BCUT2D eigenvalue weighted by molar-refractivity contribution is -0.906. The molecule has 8 heteroatoms. The predicted molar refractivity (Wildman–Crippen MR) is 144 cm³/mol. The van der Waals surface area contributed by atoms with Crippen LogP contribution < -0.4 is 10.6 Å². The van der Waals surface area contributed by atoms with Crippen LogP contribution in [0.2, 0.25) is 0 Å². The van der Waals surface area contributed by atoms with Crippen molar-refractivity contribution in [1.82, 2.24) is 36.2 Å². The van der Waals surface area contributed by atoms with Crippen LogP contribution in [0.25, 0.3) is 0 Å². The maximum atomic E-state index is 3.77. The zero-order valence-corrected chi connectivity index (χ0v) is 21.0. The Morgan fingerprint density at radius 2 is 1.06 bits per heavy atom. The molecule has 8 nitrogen and oxygen atoms in total. The van der Waals surface area contributed by atoms with Gasteiger partial charge < -0.3 is 15.1 Å². The van der Waals surface area contributed by atoms with Crippen molar-refractivity contribution in [3.63, 3.8) is 0 Å². The summed E-state index contributed by atoms with van der Waals surface area (Å²) in [6.45, 7) is 23.8. The van der Waals surface area contributed by atoms with E-state index in [2.05, 4.69) is 62.6 Å². The van der Waals surface area contributed by atoms with Gasteiger partial charge in [-0.05, 0) is 82.2 Å². The van der Waals surface area contributed by atoms with E-state index in [0.29, 0.717) is 0 Å². The highest BCUT2D eigenvalue weighted by atomic mass is 15.3. The smallest absolute Gasteiger partial charge is 0.0978 e. The SMILES string of the molecule is C1CCNC1.C1CCNCC1.C=CC[N+](CC=C)(CC=C)CC=C.c1cn[nH]c1.c1cn[nH]n1. The first-order valence-electron chi connectivity index (χ1n) is 12.2. The summed E-state index contributed by atoms with van der Waals surface area (Å²) < 4.78 is 0.903. The minimum Gasteiger partial charge on any atom is -0.317 e. The van der Waals surface area contributed by atoms with Gasteiger partial charge in [0.1, 0.15) is 0 Å². The third kappa shape index (κ3) is 19.8. The molecule has 0 bridgehead atoms. The van der Waals surface area contributed by atoms with Crippen LogP contribution >= 0.6 is 0 Å². The van der Waals surface area contributed by atoms with E-state index in [9.17, 15) is 0 Å². The molecular formula is C26H47N8+. The van der Waals surface area contributed by atoms with Gasteiger partial charge >= 0.3 is 0 Å². The first-order valence-corrected chi connectivity index (χ1v) is 12.2. The molecule has 2 saturated heterocycles. The first-order chi connectivity index (χ1) is 16.7. The van der Waals surface area contributed by atoms with Crippen LogP contribution in [0, 0.1) is 0 Å². The lowest BCUT2D eigenvalue weighted by atomic mass is 10.2. The van der Waals surface area contributed by atoms with Crippen molar-refractivity contribution in [2.24, 2.45) is 0 Å². The van der Waals surface area contributed by atoms with Crippen LogP contribution in [0.5, 0.6) is 0 Å². The van der Waals surface area contributed by atoms with Gasteiger partial charge in [0.25, 0.3) is 0 Å². The van der Waals surface area contributed by atoms with E-state index >= 15 is 0 Å². The molecule has 0 unspecified atom stereocenters. The fraction of sp³-hybridized carbons (Fsp3) is 0.500. The zero-order valence-electron chi connectivity index (χ0n) is 21.0. The Morgan fingerprint density at radius 3 is 1.24 bits per heavy atom. The lowest BCUT2D eigenvalue weighted by Gasteiger charge is -2.35. The number of hydrogen-bond donors (Lipinski definition) is 4. The largest absolute Gasteiger partial charge is 0.317 e. The van der Waals surface area contributed by atoms with Gasteiger partial charge in [0.15, 0.2) is 0 Å². The van der Waals surface area contributed by atoms with Crippen LogP contribution in [-0.2, 0) is 0 Å². The molecule has 34 heavy (non-hydrogen) atoms. The average molecular weight is 472 g/mol. The molecule has 0 radical (unpaired) electrons. The summed E-state index contributed by atoms with van der Waals surface area (Å²) in [5.74, 6) is 0. The van der Waals surface area contributed by atoms with Crippen molar-refractivity contribution in [2.45, 2.75) is 32.1 Å². The molecule has 2 fully saturated rings. The minimum atomic E-state index is 0.903. The van der Waals surface area contributed by atoms with Gasteiger partial charge in [-0.1, -0.05) is 32.7 Å². The number of aromatic amines is 2. The van der Waals surface area contributed by atoms with E-state index in [4.69, 9.17) is 0 Å². The van der Waals surface area contributed by atoms with Gasteiger partial charge in [0, 0.05) is 12.4 Å². The molecule has 0 atom stereocenters. The van der Waals surface area contributed by atoms with Crippen LogP contribution in [0.4, 0.5) is 0 Å². The van der Waals surface area contributed by atoms with E-state index in [1.54, 1.807) is 24.8 Å². The second-order valence-corrected chi connectivity index (χ2v) is 7.92. The Morgan fingerprint density at radius 1 is 0.618 bits per heavy atom. The van der Waals surface area contributed by atoms with E-state index < -0.39 is 0 Å². The first kappa shape index (κ1) is 31.2. The second kappa shape index (κ2) is 24.8. The fourth-order valence-corrected chi connectivity index (χ4v) is 3.35. The molecule has 2 aromatic heterocycles. The Bertz CT molecular complexity index is 534.